The Hall–Kier alpha value is -7.74. The van der Waals surface area contributed by atoms with Crippen molar-refractivity contribution in [2.45, 2.75) is 84.5 Å². The van der Waals surface area contributed by atoms with Crippen LogP contribution in [0.1, 0.15) is 83.6 Å². The predicted octanol–water partition coefficient (Wildman–Crippen LogP) is 18.2. The van der Waals surface area contributed by atoms with E-state index in [1.165, 1.54) is 64.6 Å². The number of thiophene rings is 1. The smallest absolute Gasteiger partial charge is 0.333 e. The molecule has 3 aliphatic heterocycles. The molecule has 4 aliphatic rings. The number of ether oxygens (including phenoxy) is 2. The Morgan fingerprint density at radius 1 is 0.541 bits per heavy atom. The van der Waals surface area contributed by atoms with Crippen molar-refractivity contribution in [1.29, 1.82) is 0 Å². The second kappa shape index (κ2) is 15.2. The molecule has 0 N–H and O–H groups in total. The van der Waals surface area contributed by atoms with Crippen LogP contribution in [0.2, 0.25) is 0 Å². The molecule has 2 aromatic heterocycles. The molecule has 1 aliphatic carbocycles. The van der Waals surface area contributed by atoms with Gasteiger partial charge < -0.3 is 23.6 Å². The third-order valence-electron chi connectivity index (χ3n) is 17.0. The number of aryl methyl sites for hydroxylation is 1. The molecule has 74 heavy (non-hydrogen) atoms. The normalized spacial score (nSPS) is 15.8. The van der Waals surface area contributed by atoms with Gasteiger partial charge in [-0.05, 0) is 141 Å². The second-order valence-corrected chi connectivity index (χ2v) is 24.6. The molecule has 0 unspecified atom stereocenters. The van der Waals surface area contributed by atoms with Crippen molar-refractivity contribution in [3.8, 4) is 45.3 Å². The maximum Gasteiger partial charge on any atom is 0.333 e. The summed E-state index contributed by atoms with van der Waals surface area (Å²) in [5.41, 5.74) is 19.7. The highest BCUT2D eigenvalue weighted by atomic mass is 32.1. The number of anilines is 5. The van der Waals surface area contributed by atoms with Gasteiger partial charge >= 0.3 is 6.85 Å². The number of hydrogen-bond acceptors (Lipinski definition) is 6. The van der Waals surface area contributed by atoms with Gasteiger partial charge in [0.15, 0.2) is 23.0 Å². The summed E-state index contributed by atoms with van der Waals surface area (Å²) < 4.78 is 23.7. The Bertz CT molecular complexity index is 4230. The number of hydrogen-bond donors (Lipinski definition) is 0. The summed E-state index contributed by atoms with van der Waals surface area (Å²) in [5.74, 6) is 2.79. The Kier molecular flexibility index (Phi) is 8.99. The Balaban J connectivity index is 1.14. The van der Waals surface area contributed by atoms with Gasteiger partial charge in [-0.1, -0.05) is 139 Å². The maximum absolute atomic E-state index is 7.33. The molecule has 7 heteroatoms. The van der Waals surface area contributed by atoms with Gasteiger partial charge in [0.2, 0.25) is 0 Å². The molecule has 11 aromatic rings. The standard InChI is InChI=1S/C67H55BN2O3S/c1-38-32-45-46(67(7,8)31-30-66(45,5)6)35-50(38)69-51-37-57-56(71-54-23-15-16-24-55(54)72-57)36-47(51)68-63-52(69)34-44-41-20-12-14-22-53(41)73-64(44)62(63)61-49(28-29-59-60(61)42-21-13-17-25-58(42)74-59)70(68)48-27-26-40(65(2,3)4)33-43(48)39-18-10-9-11-19-39/h9-29,32-37H,30-31H2,1-8H3. The minimum absolute atomic E-state index is 0.0243. The Morgan fingerprint density at radius 2 is 1.20 bits per heavy atom. The zero-order valence-electron chi connectivity index (χ0n) is 43.1. The summed E-state index contributed by atoms with van der Waals surface area (Å²) in [6.45, 7) is 18.6. The van der Waals surface area contributed by atoms with E-state index in [4.69, 9.17) is 13.9 Å². The lowest BCUT2D eigenvalue weighted by atomic mass is 9.43. The van der Waals surface area contributed by atoms with Crippen LogP contribution < -0.4 is 30.1 Å². The lowest BCUT2D eigenvalue weighted by Gasteiger charge is -2.47. The molecule has 0 fully saturated rings. The van der Waals surface area contributed by atoms with Gasteiger partial charge in [0.1, 0.15) is 11.2 Å². The highest BCUT2D eigenvalue weighted by Crippen LogP contribution is 2.58. The quantitative estimate of drug-likeness (QED) is 0.165. The number of furan rings is 1. The van der Waals surface area contributed by atoms with Crippen LogP contribution in [0.4, 0.5) is 28.4 Å². The first-order valence-corrected chi connectivity index (χ1v) is 27.0. The van der Waals surface area contributed by atoms with Gasteiger partial charge in [-0.2, -0.15) is 0 Å². The number of nitrogens with zero attached hydrogens (tertiary/aromatic N) is 2. The zero-order valence-corrected chi connectivity index (χ0v) is 43.9. The maximum atomic E-state index is 7.33. The molecule has 360 valence electrons. The first kappa shape index (κ1) is 43.8. The van der Waals surface area contributed by atoms with Crippen molar-refractivity contribution < 1.29 is 13.9 Å². The minimum atomic E-state index is -0.346. The van der Waals surface area contributed by atoms with Crippen molar-refractivity contribution in [2.75, 3.05) is 9.71 Å². The molecular formula is C67H55BN2O3S. The van der Waals surface area contributed by atoms with Gasteiger partial charge in [-0.15, -0.1) is 11.3 Å². The van der Waals surface area contributed by atoms with E-state index in [9.17, 15) is 0 Å². The van der Waals surface area contributed by atoms with E-state index in [0.29, 0.717) is 23.0 Å². The first-order valence-electron chi connectivity index (χ1n) is 26.2. The highest BCUT2D eigenvalue weighted by Gasteiger charge is 2.49. The molecular weight excluding hydrogens is 924 g/mol. The van der Waals surface area contributed by atoms with Gasteiger partial charge in [0, 0.05) is 82.1 Å². The molecule has 5 nitrogen and oxygen atoms in total. The number of para-hydroxylation sites is 3. The topological polar surface area (TPSA) is 38.1 Å². The van der Waals surface area contributed by atoms with Gasteiger partial charge in [0.25, 0.3) is 0 Å². The van der Waals surface area contributed by atoms with Crippen molar-refractivity contribution in [1.82, 2.24) is 0 Å². The summed E-state index contributed by atoms with van der Waals surface area (Å²) in [5, 5.41) is 4.70. The van der Waals surface area contributed by atoms with Crippen LogP contribution in [0.5, 0.6) is 23.0 Å². The molecule has 0 spiro atoms. The Labute approximate surface area is 436 Å². The molecule has 0 amide bonds. The lowest BCUT2D eigenvalue weighted by molar-refractivity contribution is 0.332. The van der Waals surface area contributed by atoms with Crippen molar-refractivity contribution in [2.24, 2.45) is 0 Å². The van der Waals surface area contributed by atoms with Gasteiger partial charge in [-0.25, -0.2) is 0 Å². The second-order valence-electron chi connectivity index (χ2n) is 23.5. The largest absolute Gasteiger partial charge is 0.455 e. The van der Waals surface area contributed by atoms with E-state index in [-0.39, 0.29) is 23.1 Å². The molecule has 0 saturated heterocycles. The van der Waals surface area contributed by atoms with Crippen LogP contribution in [-0.2, 0) is 16.2 Å². The average Bonchev–Trinajstić information content (AvgIpc) is 3.97. The van der Waals surface area contributed by atoms with E-state index in [1.54, 1.807) is 0 Å². The summed E-state index contributed by atoms with van der Waals surface area (Å²) >= 11 is 1.87. The van der Waals surface area contributed by atoms with Crippen LogP contribution in [0.15, 0.2) is 168 Å². The Morgan fingerprint density at radius 3 is 1.96 bits per heavy atom. The summed E-state index contributed by atoms with van der Waals surface area (Å²) in [7, 11) is 0. The lowest BCUT2D eigenvalue weighted by Crippen LogP contribution is -2.61. The molecule has 0 saturated carbocycles. The SMILES string of the molecule is Cc1cc2c(cc1N1c3cc4c(cc3B3c5c1cc1c(oc6ccccc61)c5-c1c(ccc5sc6ccccc6c15)N3c1ccc(C(C)(C)C)cc1-c1ccccc1)Oc1ccccc1O4)C(C)(C)CCC2(C)C. The molecule has 0 atom stereocenters. The monoisotopic (exact) mass is 978 g/mol. The zero-order chi connectivity index (χ0) is 50.2. The van der Waals surface area contributed by atoms with Crippen LogP contribution in [0, 0.1) is 6.92 Å². The average molecular weight is 979 g/mol. The van der Waals surface area contributed by atoms with Crippen LogP contribution in [0.25, 0.3) is 64.4 Å². The summed E-state index contributed by atoms with van der Waals surface area (Å²) in [4.78, 5) is 5.25. The van der Waals surface area contributed by atoms with E-state index in [0.717, 1.165) is 74.2 Å². The van der Waals surface area contributed by atoms with Crippen LogP contribution in [0.3, 0.4) is 0 Å². The molecule has 15 rings (SSSR count). The van der Waals surface area contributed by atoms with Crippen LogP contribution >= 0.6 is 11.3 Å². The minimum Gasteiger partial charge on any atom is -0.455 e. The molecule has 9 aromatic carbocycles. The van der Waals surface area contributed by atoms with E-state index >= 15 is 0 Å². The number of fused-ring (bicyclic) bond motifs is 15. The number of rotatable bonds is 3. The van der Waals surface area contributed by atoms with E-state index in [1.807, 2.05) is 35.6 Å². The van der Waals surface area contributed by atoms with Crippen LogP contribution in [-0.4, -0.2) is 6.85 Å². The molecule has 0 bridgehead atoms. The molecule has 0 radical (unpaired) electrons. The fraction of sp³-hybridized carbons (Fsp3) is 0.194. The summed E-state index contributed by atoms with van der Waals surface area (Å²) in [6.07, 6.45) is 2.26. The summed E-state index contributed by atoms with van der Waals surface area (Å²) in [6, 6.07) is 60.5. The highest BCUT2D eigenvalue weighted by molar-refractivity contribution is 7.26. The fourth-order valence-electron chi connectivity index (χ4n) is 13.1. The third-order valence-corrected chi connectivity index (χ3v) is 18.2. The number of benzene rings is 9. The fourth-order valence-corrected chi connectivity index (χ4v) is 14.2. The van der Waals surface area contributed by atoms with Crippen molar-refractivity contribution in [3.63, 3.8) is 0 Å². The van der Waals surface area contributed by atoms with E-state index < -0.39 is 0 Å². The van der Waals surface area contributed by atoms with Gasteiger partial charge in [-0.3, -0.25) is 0 Å². The molecule has 5 heterocycles. The predicted molar refractivity (Wildman–Crippen MR) is 311 cm³/mol. The first-order chi connectivity index (χ1) is 35.7. The third kappa shape index (κ3) is 6.16. The van der Waals surface area contributed by atoms with Crippen molar-refractivity contribution >= 4 is 99.7 Å². The van der Waals surface area contributed by atoms with Crippen molar-refractivity contribution in [3.05, 3.63) is 186 Å². The van der Waals surface area contributed by atoms with E-state index in [2.05, 4.69) is 205 Å². The van der Waals surface area contributed by atoms with Gasteiger partial charge in [0.05, 0.1) is 0 Å².